The van der Waals surface area contributed by atoms with Gasteiger partial charge in [-0.05, 0) is 36.6 Å². The van der Waals surface area contributed by atoms with Crippen LogP contribution in [0.1, 0.15) is 11.3 Å². The number of aromatic nitrogens is 5. The quantitative estimate of drug-likeness (QED) is 0.563. The maximum Gasteiger partial charge on any atom is 0.181 e. The molecular weight excluding hydrogens is 310 g/mol. The first kappa shape index (κ1) is 15.3. The van der Waals surface area contributed by atoms with Crippen molar-refractivity contribution in [3.8, 4) is 17.3 Å². The van der Waals surface area contributed by atoms with Gasteiger partial charge in [0.05, 0.1) is 5.69 Å². The van der Waals surface area contributed by atoms with Crippen molar-refractivity contribution in [1.82, 2.24) is 24.1 Å². The normalized spacial score (nSPS) is 10.9. The third-order valence-corrected chi connectivity index (χ3v) is 4.29. The second-order valence-corrected chi connectivity index (χ2v) is 5.93. The number of aryl methyl sites for hydroxylation is 3. The molecule has 0 aliphatic heterocycles. The Morgan fingerprint density at radius 2 is 1.56 bits per heavy atom. The fourth-order valence-electron chi connectivity index (χ4n) is 3.01. The van der Waals surface area contributed by atoms with E-state index < -0.39 is 0 Å². The second-order valence-electron chi connectivity index (χ2n) is 5.93. The summed E-state index contributed by atoms with van der Waals surface area (Å²) in [6, 6.07) is 14.5. The predicted octanol–water partition coefficient (Wildman–Crippen LogP) is 3.45. The topological polar surface area (TPSA) is 48.5 Å². The van der Waals surface area contributed by atoms with Gasteiger partial charge in [-0.25, -0.2) is 9.97 Å². The summed E-state index contributed by atoms with van der Waals surface area (Å²) >= 11 is 0. The van der Waals surface area contributed by atoms with Crippen molar-refractivity contribution in [2.75, 3.05) is 0 Å². The fourth-order valence-corrected chi connectivity index (χ4v) is 3.01. The van der Waals surface area contributed by atoms with Crippen LogP contribution < -0.4 is 0 Å². The standard InChI is InChI=1S/C20H19N5/c1-24-14-12-22-19(24)20-23-13-15-25(20)18-8-3-2-6-16(18)9-10-17-7-4-5-11-21-17/h2-8,11-15H,9-10H2,1H3. The van der Waals surface area contributed by atoms with E-state index >= 15 is 0 Å². The minimum atomic E-state index is 0.845. The van der Waals surface area contributed by atoms with Crippen molar-refractivity contribution in [3.63, 3.8) is 0 Å². The highest BCUT2D eigenvalue weighted by Gasteiger charge is 2.14. The first-order valence-electron chi connectivity index (χ1n) is 8.32. The molecule has 0 amide bonds. The Morgan fingerprint density at radius 1 is 0.760 bits per heavy atom. The van der Waals surface area contributed by atoms with E-state index in [2.05, 4.69) is 49.9 Å². The number of imidazole rings is 2. The van der Waals surface area contributed by atoms with Crippen LogP contribution in [0, 0.1) is 0 Å². The Labute approximate surface area is 146 Å². The van der Waals surface area contributed by atoms with Crippen molar-refractivity contribution in [2.24, 2.45) is 7.05 Å². The fraction of sp³-hybridized carbons (Fsp3) is 0.150. The molecule has 0 saturated carbocycles. The van der Waals surface area contributed by atoms with Crippen molar-refractivity contribution in [1.29, 1.82) is 0 Å². The molecule has 5 heteroatoms. The smallest absolute Gasteiger partial charge is 0.181 e. The predicted molar refractivity (Wildman–Crippen MR) is 97.4 cm³/mol. The van der Waals surface area contributed by atoms with E-state index in [1.165, 1.54) is 5.56 Å². The molecule has 3 aromatic heterocycles. The summed E-state index contributed by atoms with van der Waals surface area (Å²) in [4.78, 5) is 13.4. The summed E-state index contributed by atoms with van der Waals surface area (Å²) in [5.41, 5.74) is 3.50. The monoisotopic (exact) mass is 329 g/mol. The van der Waals surface area contributed by atoms with Crippen LogP contribution in [0.4, 0.5) is 0 Å². The van der Waals surface area contributed by atoms with E-state index in [9.17, 15) is 0 Å². The molecule has 0 N–H and O–H groups in total. The third kappa shape index (κ3) is 3.08. The summed E-state index contributed by atoms with van der Waals surface area (Å²) < 4.78 is 4.09. The number of pyridine rings is 1. The highest BCUT2D eigenvalue weighted by Crippen LogP contribution is 2.23. The van der Waals surface area contributed by atoms with Crippen molar-refractivity contribution >= 4 is 0 Å². The Hall–Kier alpha value is -3.21. The van der Waals surface area contributed by atoms with Crippen molar-refractivity contribution in [3.05, 3.63) is 84.7 Å². The highest BCUT2D eigenvalue weighted by molar-refractivity contribution is 5.53. The van der Waals surface area contributed by atoms with E-state index in [0.29, 0.717) is 0 Å². The lowest BCUT2D eigenvalue weighted by Crippen LogP contribution is -2.05. The van der Waals surface area contributed by atoms with Crippen LogP contribution in [0.25, 0.3) is 17.3 Å². The second kappa shape index (κ2) is 6.73. The minimum Gasteiger partial charge on any atom is -0.331 e. The first-order chi connectivity index (χ1) is 12.3. The van der Waals surface area contributed by atoms with E-state index in [-0.39, 0.29) is 0 Å². The molecule has 25 heavy (non-hydrogen) atoms. The summed E-state index contributed by atoms with van der Waals surface area (Å²) in [6.07, 6.45) is 11.2. The average Bonchev–Trinajstić information content (AvgIpc) is 3.29. The molecule has 0 spiro atoms. The molecule has 1 aromatic carbocycles. The van der Waals surface area contributed by atoms with Crippen LogP contribution in [-0.2, 0) is 19.9 Å². The molecule has 0 radical (unpaired) electrons. The van der Waals surface area contributed by atoms with E-state index in [1.807, 2.05) is 48.5 Å². The SMILES string of the molecule is Cn1ccnc1-c1nccn1-c1ccccc1CCc1ccccn1. The summed E-state index contributed by atoms with van der Waals surface area (Å²) in [5, 5.41) is 0. The molecule has 4 rings (SSSR count). The lowest BCUT2D eigenvalue weighted by molar-refractivity contribution is 0.877. The van der Waals surface area contributed by atoms with Crippen LogP contribution in [0.3, 0.4) is 0 Å². The molecule has 4 aromatic rings. The largest absolute Gasteiger partial charge is 0.331 e. The molecule has 0 aliphatic carbocycles. The van der Waals surface area contributed by atoms with Gasteiger partial charge in [-0.15, -0.1) is 0 Å². The van der Waals surface area contributed by atoms with Gasteiger partial charge in [-0.3, -0.25) is 9.55 Å². The van der Waals surface area contributed by atoms with Gasteiger partial charge in [0, 0.05) is 43.7 Å². The summed E-state index contributed by atoms with van der Waals surface area (Å²) in [6.45, 7) is 0. The molecule has 0 aliphatic rings. The lowest BCUT2D eigenvalue weighted by atomic mass is 10.1. The van der Waals surface area contributed by atoms with Gasteiger partial charge < -0.3 is 4.57 Å². The van der Waals surface area contributed by atoms with Crippen LogP contribution in [0.5, 0.6) is 0 Å². The molecule has 3 heterocycles. The highest BCUT2D eigenvalue weighted by atomic mass is 15.1. The molecule has 124 valence electrons. The van der Waals surface area contributed by atoms with Crippen LogP contribution >= 0.6 is 0 Å². The Morgan fingerprint density at radius 3 is 2.36 bits per heavy atom. The van der Waals surface area contributed by atoms with Gasteiger partial charge in [-0.2, -0.15) is 0 Å². The number of rotatable bonds is 5. The van der Waals surface area contributed by atoms with E-state index in [1.54, 1.807) is 6.20 Å². The zero-order valence-corrected chi connectivity index (χ0v) is 14.1. The Kier molecular flexibility index (Phi) is 4.12. The number of nitrogens with zero attached hydrogens (tertiary/aromatic N) is 5. The van der Waals surface area contributed by atoms with Gasteiger partial charge in [-0.1, -0.05) is 24.3 Å². The molecule has 5 nitrogen and oxygen atoms in total. The first-order valence-corrected chi connectivity index (χ1v) is 8.32. The van der Waals surface area contributed by atoms with E-state index in [4.69, 9.17) is 0 Å². The summed E-state index contributed by atoms with van der Waals surface area (Å²) in [5.74, 6) is 1.70. The number of para-hydroxylation sites is 1. The number of benzene rings is 1. The van der Waals surface area contributed by atoms with Crippen molar-refractivity contribution in [2.45, 2.75) is 12.8 Å². The Balaban J connectivity index is 1.68. The lowest BCUT2D eigenvalue weighted by Gasteiger charge is -2.13. The van der Waals surface area contributed by atoms with Gasteiger partial charge >= 0.3 is 0 Å². The van der Waals surface area contributed by atoms with Crippen LogP contribution in [0.15, 0.2) is 73.4 Å². The molecule has 0 atom stereocenters. The summed E-state index contributed by atoms with van der Waals surface area (Å²) in [7, 11) is 1.98. The van der Waals surface area contributed by atoms with Crippen LogP contribution in [-0.4, -0.2) is 24.1 Å². The van der Waals surface area contributed by atoms with Crippen molar-refractivity contribution < 1.29 is 0 Å². The number of hydrogen-bond acceptors (Lipinski definition) is 3. The molecule has 0 saturated heterocycles. The average molecular weight is 329 g/mol. The van der Waals surface area contributed by atoms with Gasteiger partial charge in [0.2, 0.25) is 0 Å². The van der Waals surface area contributed by atoms with Gasteiger partial charge in [0.1, 0.15) is 0 Å². The van der Waals surface area contributed by atoms with Crippen LogP contribution in [0.2, 0.25) is 0 Å². The van der Waals surface area contributed by atoms with E-state index in [0.717, 1.165) is 35.9 Å². The Bertz CT molecular complexity index is 968. The minimum absolute atomic E-state index is 0.845. The van der Waals surface area contributed by atoms with Gasteiger partial charge in [0.25, 0.3) is 0 Å². The molecule has 0 fully saturated rings. The third-order valence-electron chi connectivity index (χ3n) is 4.29. The molecular formula is C20H19N5. The molecule has 0 unspecified atom stereocenters. The maximum atomic E-state index is 4.52. The zero-order valence-electron chi connectivity index (χ0n) is 14.1. The maximum absolute atomic E-state index is 4.52. The zero-order chi connectivity index (χ0) is 17.1. The van der Waals surface area contributed by atoms with Gasteiger partial charge in [0.15, 0.2) is 11.6 Å². The number of hydrogen-bond donors (Lipinski definition) is 0. The molecule has 0 bridgehead atoms.